The monoisotopic (exact) mass is 272 g/mol. The fourth-order valence-corrected chi connectivity index (χ4v) is 2.56. The average molecular weight is 272 g/mol. The van der Waals surface area contributed by atoms with E-state index in [0.717, 1.165) is 0 Å². The quantitative estimate of drug-likeness (QED) is 0.552. The van der Waals surface area contributed by atoms with Crippen molar-refractivity contribution >= 4 is 5.78 Å². The normalized spacial score (nSPS) is 13.5. The minimum Gasteiger partial charge on any atom is -0.508 e. The van der Waals surface area contributed by atoms with Crippen LogP contribution in [0.3, 0.4) is 0 Å². The Kier molecular flexibility index (Phi) is 2.57. The molecule has 0 amide bonds. The van der Waals surface area contributed by atoms with Crippen LogP contribution in [0.4, 0.5) is 0 Å². The van der Waals surface area contributed by atoms with Crippen LogP contribution in [0.5, 0.6) is 23.0 Å². The Bertz CT molecular complexity index is 734. The van der Waals surface area contributed by atoms with Gasteiger partial charge in [0.2, 0.25) is 5.75 Å². The molecule has 0 bridgehead atoms. The van der Waals surface area contributed by atoms with E-state index in [2.05, 4.69) is 0 Å². The van der Waals surface area contributed by atoms with Crippen LogP contribution in [0.2, 0.25) is 0 Å². The maximum absolute atomic E-state index is 12.1. The first kappa shape index (κ1) is 12.3. The topological polar surface area (TPSA) is 98.0 Å². The van der Waals surface area contributed by atoms with Gasteiger partial charge in [-0.3, -0.25) is 4.79 Å². The highest BCUT2D eigenvalue weighted by molar-refractivity contribution is 6.05. The van der Waals surface area contributed by atoms with Crippen molar-refractivity contribution in [3.8, 4) is 34.1 Å². The van der Waals surface area contributed by atoms with Crippen molar-refractivity contribution in [3.63, 3.8) is 0 Å². The Morgan fingerprint density at radius 2 is 1.60 bits per heavy atom. The summed E-state index contributed by atoms with van der Waals surface area (Å²) in [7, 11) is 0. The molecule has 0 radical (unpaired) electrons. The van der Waals surface area contributed by atoms with Gasteiger partial charge in [-0.1, -0.05) is 0 Å². The van der Waals surface area contributed by atoms with E-state index in [1.54, 1.807) is 0 Å². The average Bonchev–Trinajstić information content (AvgIpc) is 2.55. The molecule has 20 heavy (non-hydrogen) atoms. The number of phenols is 4. The second-order valence-electron chi connectivity index (χ2n) is 4.78. The number of aromatic hydroxyl groups is 4. The highest BCUT2D eigenvalue weighted by Crippen LogP contribution is 2.47. The molecule has 4 N–H and O–H groups in total. The standard InChI is InChI=1S/C15H12O5/c16-8-2-3-9-10(6-8)11(17)4-1-7-5-12(18)14(19)15(20)13(7)9/h2-3,5-6,16,18-20H,1,4H2. The van der Waals surface area contributed by atoms with E-state index >= 15 is 0 Å². The molecule has 5 nitrogen and oxygen atoms in total. The van der Waals surface area contributed by atoms with E-state index in [0.29, 0.717) is 28.7 Å². The summed E-state index contributed by atoms with van der Waals surface area (Å²) in [5.41, 5.74) is 1.63. The molecule has 0 spiro atoms. The highest BCUT2D eigenvalue weighted by atomic mass is 16.3. The van der Waals surface area contributed by atoms with Crippen molar-refractivity contribution in [2.45, 2.75) is 12.8 Å². The lowest BCUT2D eigenvalue weighted by Crippen LogP contribution is -1.99. The number of carbonyl (C=O) groups is 1. The van der Waals surface area contributed by atoms with Crippen molar-refractivity contribution in [1.29, 1.82) is 0 Å². The molecule has 3 rings (SSSR count). The number of ketones is 1. The first-order valence-corrected chi connectivity index (χ1v) is 6.12. The third kappa shape index (κ3) is 1.67. The molecule has 0 heterocycles. The van der Waals surface area contributed by atoms with E-state index < -0.39 is 17.2 Å². The second-order valence-corrected chi connectivity index (χ2v) is 4.78. The van der Waals surface area contributed by atoms with Crippen molar-refractivity contribution in [2.75, 3.05) is 0 Å². The number of rotatable bonds is 0. The molecule has 0 atom stereocenters. The molecular weight excluding hydrogens is 260 g/mol. The SMILES string of the molecule is O=C1CCc2cc(O)c(O)c(O)c2-c2ccc(O)cc21. The van der Waals surface area contributed by atoms with Crippen LogP contribution in [0.15, 0.2) is 24.3 Å². The van der Waals surface area contributed by atoms with Crippen LogP contribution in [0.25, 0.3) is 11.1 Å². The zero-order valence-corrected chi connectivity index (χ0v) is 10.4. The molecular formula is C15H12O5. The molecule has 0 unspecified atom stereocenters. The number of aryl methyl sites for hydroxylation is 1. The predicted molar refractivity (Wildman–Crippen MR) is 71.2 cm³/mol. The van der Waals surface area contributed by atoms with Crippen molar-refractivity contribution in [2.24, 2.45) is 0 Å². The number of benzene rings is 2. The van der Waals surface area contributed by atoms with Crippen molar-refractivity contribution < 1.29 is 25.2 Å². The first-order valence-electron chi connectivity index (χ1n) is 6.12. The molecule has 2 aromatic carbocycles. The smallest absolute Gasteiger partial charge is 0.200 e. The lowest BCUT2D eigenvalue weighted by atomic mass is 9.94. The molecule has 102 valence electrons. The van der Waals surface area contributed by atoms with Gasteiger partial charge in [-0.15, -0.1) is 0 Å². The third-order valence-electron chi connectivity index (χ3n) is 3.53. The Balaban J connectivity index is 2.39. The van der Waals surface area contributed by atoms with Gasteiger partial charge in [-0.2, -0.15) is 0 Å². The van der Waals surface area contributed by atoms with E-state index in [1.165, 1.54) is 24.3 Å². The zero-order valence-electron chi connectivity index (χ0n) is 10.4. The zero-order chi connectivity index (χ0) is 14.4. The molecule has 0 saturated heterocycles. The maximum Gasteiger partial charge on any atom is 0.200 e. The van der Waals surface area contributed by atoms with Gasteiger partial charge < -0.3 is 20.4 Å². The molecule has 0 aromatic heterocycles. The Labute approximate surface area is 114 Å². The fourth-order valence-electron chi connectivity index (χ4n) is 2.56. The van der Waals surface area contributed by atoms with Crippen LogP contribution in [0.1, 0.15) is 22.3 Å². The molecule has 2 aromatic rings. The van der Waals surface area contributed by atoms with Crippen molar-refractivity contribution in [3.05, 3.63) is 35.4 Å². The molecule has 1 aliphatic rings. The van der Waals surface area contributed by atoms with Gasteiger partial charge in [-0.25, -0.2) is 0 Å². The summed E-state index contributed by atoms with van der Waals surface area (Å²) in [6.07, 6.45) is 0.540. The van der Waals surface area contributed by atoms with Crippen LogP contribution in [-0.4, -0.2) is 26.2 Å². The summed E-state index contributed by atoms with van der Waals surface area (Å²) in [4.78, 5) is 12.1. The molecule has 0 aliphatic heterocycles. The Hall–Kier alpha value is -2.69. The predicted octanol–water partition coefficient (Wildman–Crippen LogP) is 2.30. The van der Waals surface area contributed by atoms with Gasteiger partial charge in [0, 0.05) is 17.5 Å². The number of phenolic OH excluding ortho intramolecular Hbond substituents is 4. The van der Waals surface area contributed by atoms with Crippen LogP contribution in [0, 0.1) is 0 Å². The van der Waals surface area contributed by atoms with E-state index in [-0.39, 0.29) is 18.0 Å². The lowest BCUT2D eigenvalue weighted by molar-refractivity contribution is 0.0984. The van der Waals surface area contributed by atoms with Gasteiger partial charge in [0.25, 0.3) is 0 Å². The van der Waals surface area contributed by atoms with E-state index in [4.69, 9.17) is 0 Å². The Morgan fingerprint density at radius 3 is 2.35 bits per heavy atom. The summed E-state index contributed by atoms with van der Waals surface area (Å²) in [6, 6.07) is 5.61. The van der Waals surface area contributed by atoms with Crippen LogP contribution in [-0.2, 0) is 6.42 Å². The number of fused-ring (bicyclic) bond motifs is 3. The summed E-state index contributed by atoms with van der Waals surface area (Å²) in [5.74, 6) is -1.69. The largest absolute Gasteiger partial charge is 0.508 e. The van der Waals surface area contributed by atoms with Crippen molar-refractivity contribution in [1.82, 2.24) is 0 Å². The molecule has 0 saturated carbocycles. The summed E-state index contributed by atoms with van der Waals surface area (Å²) >= 11 is 0. The fraction of sp³-hybridized carbons (Fsp3) is 0.133. The van der Waals surface area contributed by atoms with Crippen LogP contribution >= 0.6 is 0 Å². The summed E-state index contributed by atoms with van der Waals surface area (Å²) in [5, 5.41) is 38.8. The molecule has 1 aliphatic carbocycles. The minimum absolute atomic E-state index is 0.0389. The van der Waals surface area contributed by atoms with Gasteiger partial charge in [0.15, 0.2) is 17.3 Å². The number of Topliss-reactive ketones (excluding diaryl/α,β-unsaturated/α-hetero) is 1. The summed E-state index contributed by atoms with van der Waals surface area (Å²) < 4.78 is 0. The number of carbonyl (C=O) groups excluding carboxylic acids is 1. The number of hydrogen-bond acceptors (Lipinski definition) is 5. The van der Waals surface area contributed by atoms with E-state index in [1.807, 2.05) is 0 Å². The third-order valence-corrected chi connectivity index (χ3v) is 3.53. The molecule has 0 fully saturated rings. The minimum atomic E-state index is -0.614. The van der Waals surface area contributed by atoms with Gasteiger partial charge >= 0.3 is 0 Å². The number of hydrogen-bond donors (Lipinski definition) is 4. The van der Waals surface area contributed by atoms with Crippen LogP contribution < -0.4 is 0 Å². The lowest BCUT2D eigenvalue weighted by Gasteiger charge is -2.13. The van der Waals surface area contributed by atoms with Gasteiger partial charge in [0.1, 0.15) is 5.75 Å². The van der Waals surface area contributed by atoms with E-state index in [9.17, 15) is 25.2 Å². The first-order chi connectivity index (χ1) is 9.49. The van der Waals surface area contributed by atoms with Gasteiger partial charge in [0.05, 0.1) is 0 Å². The van der Waals surface area contributed by atoms with Gasteiger partial charge in [-0.05, 0) is 41.8 Å². The second kappa shape index (κ2) is 4.16. The maximum atomic E-state index is 12.1. The highest BCUT2D eigenvalue weighted by Gasteiger charge is 2.26. The molecule has 5 heteroatoms. The Morgan fingerprint density at radius 1 is 0.850 bits per heavy atom. The summed E-state index contributed by atoms with van der Waals surface area (Å²) in [6.45, 7) is 0.